The molecule has 128 valence electrons. The molecule has 1 aromatic heterocycles. The number of amides is 1. The molecule has 1 aliphatic carbocycles. The van der Waals surface area contributed by atoms with Gasteiger partial charge in [-0.1, -0.05) is 56.2 Å². The zero-order chi connectivity index (χ0) is 17.2. The molecule has 0 bridgehead atoms. The van der Waals surface area contributed by atoms with Gasteiger partial charge in [0.25, 0.3) is 0 Å². The van der Waals surface area contributed by atoms with Crippen molar-refractivity contribution in [3.8, 4) is 0 Å². The van der Waals surface area contributed by atoms with E-state index in [1.807, 2.05) is 0 Å². The molecule has 24 heavy (non-hydrogen) atoms. The van der Waals surface area contributed by atoms with Gasteiger partial charge in [0.05, 0.1) is 5.41 Å². The van der Waals surface area contributed by atoms with Crippen LogP contribution in [-0.4, -0.2) is 16.1 Å². The molecule has 6 heteroatoms. The fourth-order valence-corrected chi connectivity index (χ4v) is 4.35. The molecule has 1 N–H and O–H groups in total. The number of rotatable bonds is 5. The molecule has 0 aliphatic heterocycles. The molecule has 1 aliphatic rings. The Kier molecular flexibility index (Phi) is 4.94. The zero-order valence-electron chi connectivity index (χ0n) is 14.0. The van der Waals surface area contributed by atoms with E-state index in [2.05, 4.69) is 29.4 Å². The minimum Gasteiger partial charge on any atom is -0.300 e. The lowest BCUT2D eigenvalue weighted by Crippen LogP contribution is -2.38. The van der Waals surface area contributed by atoms with Crippen LogP contribution < -0.4 is 5.32 Å². The SMILES string of the molecule is CC(C)Cc1nnc(NC(=O)C2(c3ccccc3F)CCCC2)s1. The first-order valence-corrected chi connectivity index (χ1v) is 9.22. The molecule has 1 saturated carbocycles. The first-order chi connectivity index (χ1) is 11.5. The topological polar surface area (TPSA) is 54.9 Å². The molecule has 1 aromatic carbocycles. The quantitative estimate of drug-likeness (QED) is 0.876. The molecule has 0 unspecified atom stereocenters. The van der Waals surface area contributed by atoms with Gasteiger partial charge in [0.15, 0.2) is 0 Å². The van der Waals surface area contributed by atoms with Crippen LogP contribution in [0.2, 0.25) is 0 Å². The molecule has 1 heterocycles. The standard InChI is InChI=1S/C18H22FN3OS/c1-12(2)11-15-21-22-17(24-15)20-16(23)18(9-5-6-10-18)13-7-3-4-8-14(13)19/h3-4,7-8,12H,5-6,9-11H2,1-2H3,(H,20,22,23). The third-order valence-corrected chi connectivity index (χ3v) is 5.41. The van der Waals surface area contributed by atoms with Crippen LogP contribution in [0.4, 0.5) is 9.52 Å². The number of halogens is 1. The van der Waals surface area contributed by atoms with Gasteiger partial charge in [0.2, 0.25) is 11.0 Å². The summed E-state index contributed by atoms with van der Waals surface area (Å²) in [6, 6.07) is 6.60. The number of hydrogen-bond donors (Lipinski definition) is 1. The number of carbonyl (C=O) groups is 1. The fourth-order valence-electron chi connectivity index (χ4n) is 3.40. The van der Waals surface area contributed by atoms with E-state index in [1.54, 1.807) is 18.2 Å². The van der Waals surface area contributed by atoms with E-state index in [9.17, 15) is 9.18 Å². The van der Waals surface area contributed by atoms with E-state index < -0.39 is 5.41 Å². The van der Waals surface area contributed by atoms with Gasteiger partial charge in [0, 0.05) is 12.0 Å². The van der Waals surface area contributed by atoms with Crippen LogP contribution in [0.1, 0.15) is 50.1 Å². The summed E-state index contributed by atoms with van der Waals surface area (Å²) < 4.78 is 14.3. The minimum atomic E-state index is -0.796. The van der Waals surface area contributed by atoms with Crippen LogP contribution in [-0.2, 0) is 16.6 Å². The summed E-state index contributed by atoms with van der Waals surface area (Å²) in [6.45, 7) is 4.23. The summed E-state index contributed by atoms with van der Waals surface area (Å²) in [6.07, 6.45) is 4.02. The van der Waals surface area contributed by atoms with Gasteiger partial charge >= 0.3 is 0 Å². The van der Waals surface area contributed by atoms with Crippen molar-refractivity contribution in [2.24, 2.45) is 5.92 Å². The second kappa shape index (κ2) is 6.97. The number of anilines is 1. The number of nitrogens with zero attached hydrogens (tertiary/aromatic N) is 2. The Hall–Kier alpha value is -1.82. The summed E-state index contributed by atoms with van der Waals surface area (Å²) >= 11 is 1.40. The minimum absolute atomic E-state index is 0.169. The van der Waals surface area contributed by atoms with E-state index in [0.29, 0.717) is 29.5 Å². The Balaban J connectivity index is 1.83. The van der Waals surface area contributed by atoms with Crippen molar-refractivity contribution in [3.63, 3.8) is 0 Å². The molecule has 1 fully saturated rings. The molecule has 0 saturated heterocycles. The van der Waals surface area contributed by atoms with Crippen LogP contribution in [0.25, 0.3) is 0 Å². The van der Waals surface area contributed by atoms with Gasteiger partial charge in [-0.3, -0.25) is 10.1 Å². The van der Waals surface area contributed by atoms with Gasteiger partial charge in [-0.2, -0.15) is 0 Å². The Morgan fingerprint density at radius 3 is 2.67 bits per heavy atom. The van der Waals surface area contributed by atoms with Crippen LogP contribution in [0.5, 0.6) is 0 Å². The van der Waals surface area contributed by atoms with Gasteiger partial charge < -0.3 is 0 Å². The molecular formula is C18H22FN3OS. The molecule has 1 amide bonds. The monoisotopic (exact) mass is 347 g/mol. The highest BCUT2D eigenvalue weighted by molar-refractivity contribution is 7.15. The molecule has 0 spiro atoms. The van der Waals surface area contributed by atoms with Crippen LogP contribution in [0.15, 0.2) is 24.3 Å². The summed E-state index contributed by atoms with van der Waals surface area (Å²) in [7, 11) is 0. The fraction of sp³-hybridized carbons (Fsp3) is 0.500. The third-order valence-electron chi connectivity index (χ3n) is 4.55. The maximum Gasteiger partial charge on any atom is 0.236 e. The van der Waals surface area contributed by atoms with E-state index in [-0.39, 0.29) is 11.7 Å². The number of carbonyl (C=O) groups excluding carboxylic acids is 1. The summed E-state index contributed by atoms with van der Waals surface area (Å²) in [4.78, 5) is 13.0. The Morgan fingerprint density at radius 1 is 1.29 bits per heavy atom. The first-order valence-electron chi connectivity index (χ1n) is 8.40. The maximum absolute atomic E-state index is 14.3. The van der Waals surface area contributed by atoms with Crippen molar-refractivity contribution in [2.75, 3.05) is 5.32 Å². The zero-order valence-corrected chi connectivity index (χ0v) is 14.8. The second-order valence-corrected chi connectivity index (χ2v) is 7.88. The van der Waals surface area contributed by atoms with Crippen LogP contribution >= 0.6 is 11.3 Å². The lowest BCUT2D eigenvalue weighted by atomic mass is 9.77. The predicted octanol–water partition coefficient (Wildman–Crippen LogP) is 4.33. The molecule has 0 radical (unpaired) electrons. The Bertz CT molecular complexity index is 723. The van der Waals surface area contributed by atoms with Crippen molar-refractivity contribution in [3.05, 3.63) is 40.7 Å². The highest BCUT2D eigenvalue weighted by Gasteiger charge is 2.44. The smallest absolute Gasteiger partial charge is 0.236 e. The van der Waals surface area contributed by atoms with Crippen molar-refractivity contribution in [1.29, 1.82) is 0 Å². The number of benzene rings is 1. The molecular weight excluding hydrogens is 325 g/mol. The lowest BCUT2D eigenvalue weighted by molar-refractivity contribution is -0.121. The van der Waals surface area contributed by atoms with Crippen LogP contribution in [0.3, 0.4) is 0 Å². The van der Waals surface area contributed by atoms with Gasteiger partial charge in [-0.05, 0) is 24.8 Å². The normalized spacial score (nSPS) is 16.5. The number of nitrogens with one attached hydrogen (secondary N) is 1. The highest BCUT2D eigenvalue weighted by Crippen LogP contribution is 2.43. The van der Waals surface area contributed by atoms with Crippen molar-refractivity contribution < 1.29 is 9.18 Å². The number of hydrogen-bond acceptors (Lipinski definition) is 4. The first kappa shape index (κ1) is 17.0. The predicted molar refractivity (Wildman–Crippen MR) is 93.6 cm³/mol. The van der Waals surface area contributed by atoms with E-state index in [0.717, 1.165) is 24.3 Å². The third kappa shape index (κ3) is 3.34. The Morgan fingerprint density at radius 2 is 2.00 bits per heavy atom. The maximum atomic E-state index is 14.3. The summed E-state index contributed by atoms with van der Waals surface area (Å²) in [5, 5.41) is 12.5. The van der Waals surface area contributed by atoms with Gasteiger partial charge in [-0.25, -0.2) is 4.39 Å². The number of aromatic nitrogens is 2. The van der Waals surface area contributed by atoms with Gasteiger partial charge in [0.1, 0.15) is 10.8 Å². The van der Waals surface area contributed by atoms with E-state index in [4.69, 9.17) is 0 Å². The average Bonchev–Trinajstić information content (AvgIpc) is 3.17. The Labute approximate surface area is 145 Å². The molecule has 4 nitrogen and oxygen atoms in total. The van der Waals surface area contributed by atoms with Crippen molar-refractivity contribution >= 4 is 22.4 Å². The van der Waals surface area contributed by atoms with E-state index >= 15 is 0 Å². The van der Waals surface area contributed by atoms with Crippen molar-refractivity contribution in [1.82, 2.24) is 10.2 Å². The van der Waals surface area contributed by atoms with Crippen molar-refractivity contribution in [2.45, 2.75) is 51.4 Å². The van der Waals surface area contributed by atoms with Crippen LogP contribution in [0, 0.1) is 11.7 Å². The average molecular weight is 347 g/mol. The molecule has 2 aromatic rings. The molecule has 0 atom stereocenters. The second-order valence-electron chi connectivity index (χ2n) is 6.82. The largest absolute Gasteiger partial charge is 0.300 e. The van der Waals surface area contributed by atoms with Gasteiger partial charge in [-0.15, -0.1) is 10.2 Å². The summed E-state index contributed by atoms with van der Waals surface area (Å²) in [5.74, 6) is 0.00532. The highest BCUT2D eigenvalue weighted by atomic mass is 32.1. The molecule has 3 rings (SSSR count). The lowest BCUT2D eigenvalue weighted by Gasteiger charge is -2.28. The summed E-state index contributed by atoms with van der Waals surface area (Å²) in [5.41, 5.74) is -0.304. The van der Waals surface area contributed by atoms with E-state index in [1.165, 1.54) is 17.4 Å².